The molecule has 8 nitrogen and oxygen atoms in total. The zero-order valence-electron chi connectivity index (χ0n) is 20.7. The zero-order valence-corrected chi connectivity index (χ0v) is 21.4. The average Bonchev–Trinajstić information content (AvgIpc) is 3.35. The molecule has 0 unspecified atom stereocenters. The summed E-state index contributed by atoms with van der Waals surface area (Å²) in [6.07, 6.45) is 3.76. The molecule has 0 bridgehead atoms. The molecular weight excluding hydrogens is 490 g/mol. The first-order valence-electron chi connectivity index (χ1n) is 11.5. The number of carboxylic acids is 1. The number of allylic oxidation sites excluding steroid dienone is 1. The van der Waals surface area contributed by atoms with Gasteiger partial charge < -0.3 is 20.4 Å². The highest BCUT2D eigenvalue weighted by atomic mass is 35.5. The van der Waals surface area contributed by atoms with Crippen molar-refractivity contribution in [1.82, 2.24) is 9.78 Å². The van der Waals surface area contributed by atoms with Gasteiger partial charge in [0, 0.05) is 28.7 Å². The number of pyridine rings is 1. The maximum atomic E-state index is 8.89. The molecule has 2 N–H and O–H groups in total. The lowest BCUT2D eigenvalue weighted by Gasteiger charge is -2.05. The van der Waals surface area contributed by atoms with Gasteiger partial charge in [-0.25, -0.2) is 9.67 Å². The van der Waals surface area contributed by atoms with Crippen LogP contribution in [0.3, 0.4) is 0 Å². The minimum absolute atomic E-state index is 0.510. The van der Waals surface area contributed by atoms with E-state index < -0.39 is 5.97 Å². The van der Waals surface area contributed by atoms with Crippen LogP contribution in [0.1, 0.15) is 30.7 Å². The highest BCUT2D eigenvalue weighted by molar-refractivity contribution is 6.30. The molecule has 1 aliphatic rings. The Balaban J connectivity index is 0.000000747. The third kappa shape index (κ3) is 5.70. The number of ether oxygens (including phenoxy) is 1. The third-order valence-electron chi connectivity index (χ3n) is 5.73. The summed E-state index contributed by atoms with van der Waals surface area (Å²) in [7, 11) is 1.67. The molecule has 0 radical (unpaired) electrons. The number of fused-ring (bicyclic) bond motifs is 1. The number of nitrogen functional groups attached to an aromatic ring is 1. The van der Waals surface area contributed by atoms with E-state index in [0.29, 0.717) is 23.1 Å². The summed E-state index contributed by atoms with van der Waals surface area (Å²) in [5.41, 5.74) is 13.2. The Bertz CT molecular complexity index is 1500. The fraction of sp³-hybridized carbons (Fsp3) is 0.143. The SMILES string of the molecule is CC(=O)[O-].COc1ccc(C2=C(C)/C(=N\c3cnn(Cc4cccc(Cl)c4)c3N)c3cccc[n+]32)cc1. The van der Waals surface area contributed by atoms with E-state index in [2.05, 4.69) is 34.8 Å². The van der Waals surface area contributed by atoms with Crippen LogP contribution < -0.4 is 20.1 Å². The molecule has 0 saturated heterocycles. The van der Waals surface area contributed by atoms with E-state index >= 15 is 0 Å². The quantitative estimate of drug-likeness (QED) is 0.408. The van der Waals surface area contributed by atoms with E-state index in [1.54, 1.807) is 18.0 Å². The Morgan fingerprint density at radius 1 is 1.16 bits per heavy atom. The van der Waals surface area contributed by atoms with Crippen LogP contribution >= 0.6 is 11.6 Å². The Kier molecular flexibility index (Phi) is 7.69. The minimum Gasteiger partial charge on any atom is -0.550 e. The minimum atomic E-state index is -1.08. The normalized spacial score (nSPS) is 13.2. The van der Waals surface area contributed by atoms with Crippen molar-refractivity contribution in [2.24, 2.45) is 4.99 Å². The van der Waals surface area contributed by atoms with Gasteiger partial charge >= 0.3 is 0 Å². The highest BCUT2D eigenvalue weighted by Gasteiger charge is 2.34. The fourth-order valence-electron chi connectivity index (χ4n) is 4.09. The van der Waals surface area contributed by atoms with Gasteiger partial charge in [0.1, 0.15) is 23.0 Å². The van der Waals surface area contributed by atoms with Gasteiger partial charge in [-0.1, -0.05) is 23.7 Å². The molecule has 0 aliphatic carbocycles. The lowest BCUT2D eigenvalue weighted by molar-refractivity contribution is -0.577. The average molecular weight is 516 g/mol. The molecule has 0 spiro atoms. The van der Waals surface area contributed by atoms with Crippen molar-refractivity contribution < 1.29 is 19.2 Å². The van der Waals surface area contributed by atoms with Crippen molar-refractivity contribution in [3.05, 3.63) is 107 Å². The van der Waals surface area contributed by atoms with Crippen LogP contribution in [0.15, 0.2) is 89.7 Å². The topological polar surface area (TPSA) is 109 Å². The molecule has 2 aromatic heterocycles. The molecular formula is C28H26ClN5O3. The number of carbonyl (C=O) groups excluding carboxylic acids is 1. The number of aromatic nitrogens is 3. The second kappa shape index (κ2) is 11.1. The molecule has 188 valence electrons. The number of hydrogen-bond acceptors (Lipinski definition) is 6. The van der Waals surface area contributed by atoms with Gasteiger partial charge in [-0.2, -0.15) is 9.67 Å². The van der Waals surface area contributed by atoms with Crippen LogP contribution in [0, 0.1) is 0 Å². The number of rotatable bonds is 5. The number of nitrogens with two attached hydrogens (primary N) is 1. The van der Waals surface area contributed by atoms with Gasteiger partial charge in [0.2, 0.25) is 11.4 Å². The van der Waals surface area contributed by atoms with E-state index in [9.17, 15) is 0 Å². The van der Waals surface area contributed by atoms with Crippen molar-refractivity contribution in [3.8, 4) is 5.75 Å². The standard InChI is InChI=1S/C26H22ClN5O.C2H4O2/c1-17-24(30-22-15-29-32(26(22)28)16-18-6-5-7-20(27)14-18)23-8-3-4-13-31(23)25(17)19-9-11-21(33-2)12-10-19;1-2(3)4/h3-15,28H,16H2,1-2H3;1H3,(H,3,4). The second-order valence-electron chi connectivity index (χ2n) is 8.31. The number of nitrogens with zero attached hydrogens (tertiary/aromatic N) is 4. The number of hydrogen-bond donors (Lipinski definition) is 1. The first-order chi connectivity index (χ1) is 17.8. The molecule has 9 heteroatoms. The van der Waals surface area contributed by atoms with Gasteiger partial charge in [0.15, 0.2) is 6.20 Å². The Labute approximate surface area is 219 Å². The predicted molar refractivity (Wildman–Crippen MR) is 142 cm³/mol. The van der Waals surface area contributed by atoms with E-state index in [4.69, 9.17) is 37.0 Å². The Morgan fingerprint density at radius 3 is 2.57 bits per heavy atom. The van der Waals surface area contributed by atoms with E-state index in [1.807, 2.05) is 54.7 Å². The molecule has 2 aromatic carbocycles. The van der Waals surface area contributed by atoms with Crippen molar-refractivity contribution in [1.29, 1.82) is 0 Å². The molecule has 0 saturated carbocycles. The van der Waals surface area contributed by atoms with Crippen molar-refractivity contribution in [3.63, 3.8) is 0 Å². The largest absolute Gasteiger partial charge is 0.550 e. The lowest BCUT2D eigenvalue weighted by Crippen LogP contribution is -2.34. The van der Waals surface area contributed by atoms with Gasteiger partial charge in [0.25, 0.3) is 0 Å². The summed E-state index contributed by atoms with van der Waals surface area (Å²) >= 11 is 6.12. The number of carboxylic acid groups (broad SMARTS) is 1. The Morgan fingerprint density at radius 2 is 1.89 bits per heavy atom. The van der Waals surface area contributed by atoms with Crippen LogP contribution in [0.2, 0.25) is 5.02 Å². The number of carbonyl (C=O) groups is 1. The van der Waals surface area contributed by atoms with Crippen molar-refractivity contribution >= 4 is 40.5 Å². The molecule has 0 fully saturated rings. The number of aliphatic imine (C=N–C) groups is 1. The first-order valence-corrected chi connectivity index (χ1v) is 11.9. The van der Waals surface area contributed by atoms with Crippen molar-refractivity contribution in [2.45, 2.75) is 20.4 Å². The number of halogens is 1. The van der Waals surface area contributed by atoms with Gasteiger partial charge in [-0.05, 0) is 61.9 Å². The maximum Gasteiger partial charge on any atom is 0.237 e. The molecule has 0 atom stereocenters. The van der Waals surface area contributed by atoms with Crippen LogP contribution in [-0.2, 0) is 11.3 Å². The molecule has 0 amide bonds. The van der Waals surface area contributed by atoms with Gasteiger partial charge in [-0.3, -0.25) is 0 Å². The smallest absolute Gasteiger partial charge is 0.237 e. The number of aliphatic carboxylic acids is 1. The molecule has 5 rings (SSSR count). The summed E-state index contributed by atoms with van der Waals surface area (Å²) in [5, 5.41) is 14.0. The number of methoxy groups -OCH3 is 1. The molecule has 3 heterocycles. The van der Waals surface area contributed by atoms with E-state index in [1.165, 1.54) is 0 Å². The van der Waals surface area contributed by atoms with Crippen molar-refractivity contribution in [2.75, 3.05) is 12.8 Å². The lowest BCUT2D eigenvalue weighted by atomic mass is 10.1. The molecule has 37 heavy (non-hydrogen) atoms. The number of anilines is 1. The fourth-order valence-corrected chi connectivity index (χ4v) is 4.30. The predicted octanol–water partition coefficient (Wildman–Crippen LogP) is 3.63. The maximum absolute atomic E-state index is 8.89. The zero-order chi connectivity index (χ0) is 26.5. The second-order valence-corrected chi connectivity index (χ2v) is 8.75. The summed E-state index contributed by atoms with van der Waals surface area (Å²) < 4.78 is 9.21. The summed E-state index contributed by atoms with van der Waals surface area (Å²) in [5.74, 6) is 0.248. The van der Waals surface area contributed by atoms with Crippen LogP contribution in [0.5, 0.6) is 5.75 Å². The summed E-state index contributed by atoms with van der Waals surface area (Å²) in [6, 6.07) is 21.8. The number of benzene rings is 2. The third-order valence-corrected chi connectivity index (χ3v) is 5.97. The molecule has 4 aromatic rings. The first kappa shape index (κ1) is 25.7. The highest BCUT2D eigenvalue weighted by Crippen LogP contribution is 2.30. The van der Waals surface area contributed by atoms with Crippen LogP contribution in [0.4, 0.5) is 11.5 Å². The van der Waals surface area contributed by atoms with Gasteiger partial charge in [-0.15, -0.1) is 0 Å². The van der Waals surface area contributed by atoms with Crippen LogP contribution in [-0.4, -0.2) is 28.6 Å². The van der Waals surface area contributed by atoms with E-state index in [-0.39, 0.29) is 0 Å². The van der Waals surface area contributed by atoms with Gasteiger partial charge in [0.05, 0.1) is 25.4 Å². The monoisotopic (exact) mass is 515 g/mol. The summed E-state index contributed by atoms with van der Waals surface area (Å²) in [4.78, 5) is 13.8. The van der Waals surface area contributed by atoms with Crippen LogP contribution in [0.25, 0.3) is 5.70 Å². The summed E-state index contributed by atoms with van der Waals surface area (Å²) in [6.45, 7) is 3.58. The Hall–Kier alpha value is -4.43. The van der Waals surface area contributed by atoms with E-state index in [0.717, 1.165) is 46.5 Å². The molecule has 1 aliphatic heterocycles.